The van der Waals surface area contributed by atoms with Gasteiger partial charge in [0.1, 0.15) is 0 Å². The molecule has 6 atom stereocenters. The third-order valence-electron chi connectivity index (χ3n) is 8.41. The minimum Gasteiger partial charge on any atom is -0.475 e. The topological polar surface area (TPSA) is 141 Å². The van der Waals surface area contributed by atoms with Gasteiger partial charge in [-0.15, -0.1) is 15.3 Å². The molecule has 0 fully saturated rings. The van der Waals surface area contributed by atoms with E-state index in [1.54, 1.807) is 0 Å². The lowest BCUT2D eigenvalue weighted by atomic mass is 9.87. The van der Waals surface area contributed by atoms with Gasteiger partial charge in [-0.25, -0.2) is 15.3 Å². The van der Waals surface area contributed by atoms with Crippen LogP contribution in [0.4, 0.5) is 0 Å². The molecular weight excluding hydrogens is 588 g/mol. The van der Waals surface area contributed by atoms with E-state index in [1.807, 2.05) is 41.5 Å². The molecule has 3 rings (SSSR count). The van der Waals surface area contributed by atoms with Crippen LogP contribution in [0.5, 0.6) is 35.3 Å². The summed E-state index contributed by atoms with van der Waals surface area (Å²) in [5, 5.41) is 23.4. The van der Waals surface area contributed by atoms with Gasteiger partial charge in [0, 0.05) is 0 Å². The molecule has 12 nitrogen and oxygen atoms in total. The van der Waals surface area contributed by atoms with E-state index in [-0.39, 0.29) is 36.6 Å². The van der Waals surface area contributed by atoms with Crippen LogP contribution < -0.4 is 28.4 Å². The number of hydrogen-bond acceptors (Lipinski definition) is 9. The Balaban J connectivity index is 2.50. The van der Waals surface area contributed by atoms with E-state index in [2.05, 4.69) is 72.1 Å². The summed E-state index contributed by atoms with van der Waals surface area (Å²) < 4.78 is 39.0. The molecule has 0 radical (unpaired) electrons. The zero-order valence-electron chi connectivity index (χ0n) is 30.1. The number of hydrogen-bond donors (Lipinski definition) is 3. The van der Waals surface area contributed by atoms with Gasteiger partial charge in [-0.2, -0.15) is 0 Å². The van der Waals surface area contributed by atoms with E-state index < -0.39 is 5.92 Å². The van der Waals surface area contributed by atoms with Crippen LogP contribution in [0.1, 0.15) is 144 Å². The number of nitrogens with zero attached hydrogens (tertiary/aromatic N) is 3. The van der Waals surface area contributed by atoms with Crippen molar-refractivity contribution < 1.29 is 28.4 Å². The predicted octanol–water partition coefficient (Wildman–Crippen LogP) is 8.10. The van der Waals surface area contributed by atoms with Crippen LogP contribution >= 0.6 is 0 Å². The molecule has 3 heterocycles. The zero-order chi connectivity index (χ0) is 34.0. The van der Waals surface area contributed by atoms with E-state index in [1.165, 1.54) is 0 Å². The number of rotatable bonds is 21. The lowest BCUT2D eigenvalue weighted by molar-refractivity contribution is 0.191. The molecular formula is C34H58N6O6. The quantitative estimate of drug-likeness (QED) is 0.105. The van der Waals surface area contributed by atoms with Crippen molar-refractivity contribution in [3.63, 3.8) is 0 Å². The zero-order valence-corrected chi connectivity index (χ0v) is 30.1. The van der Waals surface area contributed by atoms with Crippen molar-refractivity contribution in [1.29, 1.82) is 0 Å². The van der Waals surface area contributed by atoms with Crippen molar-refractivity contribution in [2.75, 3.05) is 0 Å². The Kier molecular flexibility index (Phi) is 13.9. The molecule has 0 aliphatic heterocycles. The highest BCUT2D eigenvalue weighted by atomic mass is 16.5. The summed E-state index contributed by atoms with van der Waals surface area (Å²) in [6.07, 6.45) is 4.04. The van der Waals surface area contributed by atoms with Crippen LogP contribution in [0.3, 0.4) is 0 Å². The van der Waals surface area contributed by atoms with Crippen molar-refractivity contribution in [2.45, 2.75) is 164 Å². The van der Waals surface area contributed by atoms with E-state index >= 15 is 0 Å². The first kappa shape index (κ1) is 36.9. The summed E-state index contributed by atoms with van der Waals surface area (Å²) in [5.41, 5.74) is 1.94. The van der Waals surface area contributed by atoms with Crippen molar-refractivity contribution in [3.8, 4) is 35.3 Å². The smallest absolute Gasteiger partial charge is 0.241 e. The molecule has 0 spiro atoms. The van der Waals surface area contributed by atoms with Crippen LogP contribution in [-0.4, -0.2) is 67.2 Å². The molecule has 0 bridgehead atoms. The lowest BCUT2D eigenvalue weighted by Crippen LogP contribution is -2.20. The van der Waals surface area contributed by atoms with Crippen molar-refractivity contribution >= 4 is 0 Å². The third kappa shape index (κ3) is 9.03. The average molecular weight is 647 g/mol. The summed E-state index contributed by atoms with van der Waals surface area (Å²) in [6, 6.07) is 0. The molecule has 0 aliphatic rings. The second-order valence-corrected chi connectivity index (χ2v) is 12.3. The standard InChI is InChI=1S/C34H58N6O6/c1-13-19(7)41-29-26(30(36-35-29)42-20(8)14-2)25(27-31(43-21(9)15-3)37-38-32(27)44-22(10)16-4)28-33(45-23(11)17-5)39-40-34(28)46-24(12)18-6/h19-25H,13-18H2,1-12H3,(H,35,36)(H,37,38)(H,39,40). The molecule has 3 N–H and O–H groups in total. The van der Waals surface area contributed by atoms with E-state index in [0.29, 0.717) is 52.0 Å². The summed E-state index contributed by atoms with van der Waals surface area (Å²) in [7, 11) is 0. The molecule has 3 aromatic rings. The molecule has 3 aromatic heterocycles. The highest BCUT2D eigenvalue weighted by Gasteiger charge is 2.41. The van der Waals surface area contributed by atoms with Gasteiger partial charge in [-0.1, -0.05) is 41.5 Å². The average Bonchev–Trinajstić information content (AvgIpc) is 3.75. The van der Waals surface area contributed by atoms with Gasteiger partial charge >= 0.3 is 0 Å². The van der Waals surface area contributed by atoms with Gasteiger partial charge in [0.05, 0.1) is 59.2 Å². The van der Waals surface area contributed by atoms with Gasteiger partial charge in [0.25, 0.3) is 0 Å². The first-order chi connectivity index (χ1) is 22.0. The second-order valence-electron chi connectivity index (χ2n) is 12.3. The predicted molar refractivity (Wildman–Crippen MR) is 179 cm³/mol. The number of aromatic nitrogens is 6. The normalized spacial score (nSPS) is 16.2. The summed E-state index contributed by atoms with van der Waals surface area (Å²) in [4.78, 5) is 0. The maximum atomic E-state index is 6.51. The second kappa shape index (κ2) is 17.4. The van der Waals surface area contributed by atoms with Gasteiger partial charge in [0.15, 0.2) is 0 Å². The Morgan fingerprint density at radius 2 is 0.609 bits per heavy atom. The molecule has 0 saturated heterocycles. The highest BCUT2D eigenvalue weighted by Crippen LogP contribution is 2.52. The Bertz CT molecular complexity index is 1080. The number of aromatic amines is 3. The minimum absolute atomic E-state index is 0.108. The summed E-state index contributed by atoms with van der Waals surface area (Å²) >= 11 is 0. The number of nitrogens with one attached hydrogen (secondary N) is 3. The van der Waals surface area contributed by atoms with Gasteiger partial charge in [0.2, 0.25) is 35.3 Å². The van der Waals surface area contributed by atoms with Crippen LogP contribution in [-0.2, 0) is 0 Å². The minimum atomic E-state index is -0.703. The molecule has 260 valence electrons. The number of ether oxygens (including phenoxy) is 6. The van der Waals surface area contributed by atoms with Gasteiger partial charge < -0.3 is 28.4 Å². The van der Waals surface area contributed by atoms with Gasteiger partial charge in [-0.05, 0) is 80.1 Å². The molecule has 12 heteroatoms. The largest absolute Gasteiger partial charge is 0.475 e. The fourth-order valence-corrected chi connectivity index (χ4v) is 4.37. The maximum absolute atomic E-state index is 6.51. The summed E-state index contributed by atoms with van der Waals surface area (Å²) in [5.74, 6) is 1.88. The Morgan fingerprint density at radius 1 is 0.391 bits per heavy atom. The fourth-order valence-electron chi connectivity index (χ4n) is 4.37. The molecule has 0 aliphatic carbocycles. The highest BCUT2D eigenvalue weighted by molar-refractivity contribution is 5.61. The molecule has 46 heavy (non-hydrogen) atoms. The lowest BCUT2D eigenvalue weighted by Gasteiger charge is -2.25. The Hall–Kier alpha value is -3.57. The molecule has 0 amide bonds. The van der Waals surface area contributed by atoms with Crippen LogP contribution in [0.25, 0.3) is 0 Å². The Morgan fingerprint density at radius 3 is 0.826 bits per heavy atom. The van der Waals surface area contributed by atoms with E-state index in [0.717, 1.165) is 38.5 Å². The third-order valence-corrected chi connectivity index (χ3v) is 8.41. The van der Waals surface area contributed by atoms with Gasteiger partial charge in [-0.3, -0.25) is 0 Å². The van der Waals surface area contributed by atoms with Crippen LogP contribution in [0, 0.1) is 0 Å². The van der Waals surface area contributed by atoms with Crippen molar-refractivity contribution in [1.82, 2.24) is 30.6 Å². The van der Waals surface area contributed by atoms with Crippen LogP contribution in [0.15, 0.2) is 0 Å². The first-order valence-corrected chi connectivity index (χ1v) is 17.3. The summed E-state index contributed by atoms with van der Waals surface area (Å²) in [6.45, 7) is 24.6. The number of H-pyrrole nitrogens is 3. The molecule has 0 aromatic carbocycles. The van der Waals surface area contributed by atoms with Crippen molar-refractivity contribution in [2.24, 2.45) is 0 Å². The monoisotopic (exact) mass is 646 g/mol. The molecule has 6 unspecified atom stereocenters. The van der Waals surface area contributed by atoms with E-state index in [4.69, 9.17) is 28.4 Å². The Labute approximate surface area is 275 Å². The SMILES string of the molecule is CCC(C)Oc1n[nH]c(OC(C)CC)c1C(c1c(OC(C)CC)n[nH]c1OC(C)CC)c1c(OC(C)CC)n[nH]c1OC(C)CC. The maximum Gasteiger partial charge on any atom is 0.241 e. The van der Waals surface area contributed by atoms with Crippen LogP contribution in [0.2, 0.25) is 0 Å². The fraction of sp³-hybridized carbons (Fsp3) is 0.735. The first-order valence-electron chi connectivity index (χ1n) is 17.3. The van der Waals surface area contributed by atoms with E-state index in [9.17, 15) is 0 Å². The molecule has 0 saturated carbocycles. The van der Waals surface area contributed by atoms with Crippen molar-refractivity contribution in [3.05, 3.63) is 16.7 Å².